The minimum Gasteiger partial charge on any atom is -0.487 e. The fraction of sp³-hybridized carbons (Fsp3) is 0.417. The van der Waals surface area contributed by atoms with Gasteiger partial charge in [0.2, 0.25) is 0 Å². The molecule has 0 aromatic heterocycles. The normalized spacial score (nSPS) is 11.8. The molecule has 1 aromatic carbocycles. The molecule has 0 aliphatic carbocycles. The number of rotatable bonds is 5. The predicted octanol–water partition coefficient (Wildman–Crippen LogP) is 2.36. The maximum absolute atomic E-state index is 8.85. The maximum atomic E-state index is 8.85. The molecule has 0 amide bonds. The van der Waals surface area contributed by atoms with E-state index in [0.717, 1.165) is 0 Å². The summed E-state index contributed by atoms with van der Waals surface area (Å²) in [6.45, 7) is 5.07. The second kappa shape index (κ2) is 6.05. The van der Waals surface area contributed by atoms with E-state index in [1.807, 2.05) is 26.0 Å². The van der Waals surface area contributed by atoms with Crippen LogP contribution in [0.3, 0.4) is 0 Å². The average Bonchev–Trinajstić information content (AvgIpc) is 2.27. The number of para-hydroxylation sites is 1. The Bertz CT molecular complexity index is 344. The zero-order chi connectivity index (χ0) is 11.1. The van der Waals surface area contributed by atoms with Crippen molar-refractivity contribution in [1.82, 2.24) is 0 Å². The lowest BCUT2D eigenvalue weighted by Crippen LogP contribution is -2.19. The van der Waals surface area contributed by atoms with Crippen molar-refractivity contribution < 1.29 is 9.47 Å². The highest BCUT2D eigenvalue weighted by molar-refractivity contribution is 5.42. The number of hydrogen-bond acceptors (Lipinski definition) is 3. The summed E-state index contributed by atoms with van der Waals surface area (Å²) < 4.78 is 10.8. The molecule has 1 aromatic rings. The highest BCUT2D eigenvalue weighted by Crippen LogP contribution is 2.17. The summed E-state index contributed by atoms with van der Waals surface area (Å²) in [6, 6.07) is 9.29. The van der Waals surface area contributed by atoms with Crippen molar-refractivity contribution in [3.8, 4) is 11.8 Å². The van der Waals surface area contributed by atoms with E-state index >= 15 is 0 Å². The second-order valence-electron chi connectivity index (χ2n) is 3.20. The van der Waals surface area contributed by atoms with Gasteiger partial charge in [-0.3, -0.25) is 0 Å². The molecule has 0 spiro atoms. The summed E-state index contributed by atoms with van der Waals surface area (Å²) in [4.78, 5) is 0. The van der Waals surface area contributed by atoms with Crippen molar-refractivity contribution in [1.29, 1.82) is 5.26 Å². The largest absolute Gasteiger partial charge is 0.487 e. The number of nitrogens with zero attached hydrogens (tertiary/aromatic N) is 1. The van der Waals surface area contributed by atoms with Gasteiger partial charge in [-0.05, 0) is 26.0 Å². The fourth-order valence-electron chi connectivity index (χ4n) is 1.20. The zero-order valence-corrected chi connectivity index (χ0v) is 9.06. The van der Waals surface area contributed by atoms with Crippen molar-refractivity contribution in [3.05, 3.63) is 29.8 Å². The first-order valence-electron chi connectivity index (χ1n) is 5.01. The molecule has 0 saturated heterocycles. The molecule has 1 atom stereocenters. The molecular weight excluding hydrogens is 190 g/mol. The molecular formula is C12H15NO2. The van der Waals surface area contributed by atoms with E-state index in [0.29, 0.717) is 24.5 Å². The molecule has 3 nitrogen and oxygen atoms in total. The SMILES string of the molecule is CCOCC(C)Oc1ccccc1C#N. The predicted molar refractivity (Wildman–Crippen MR) is 57.7 cm³/mol. The molecule has 1 unspecified atom stereocenters. The standard InChI is InChI=1S/C12H15NO2/c1-3-14-9-10(2)15-12-7-5-4-6-11(12)8-13/h4-7,10H,3,9H2,1-2H3. The van der Waals surface area contributed by atoms with Crippen LogP contribution in [0.2, 0.25) is 0 Å². The molecule has 80 valence electrons. The summed E-state index contributed by atoms with van der Waals surface area (Å²) in [7, 11) is 0. The van der Waals surface area contributed by atoms with E-state index in [1.165, 1.54) is 0 Å². The van der Waals surface area contributed by atoms with Gasteiger partial charge in [0, 0.05) is 6.61 Å². The Hall–Kier alpha value is -1.53. The van der Waals surface area contributed by atoms with Crippen LogP contribution in [0.15, 0.2) is 24.3 Å². The summed E-state index contributed by atoms with van der Waals surface area (Å²) in [5.74, 6) is 0.618. The van der Waals surface area contributed by atoms with E-state index in [1.54, 1.807) is 12.1 Å². The molecule has 0 aliphatic rings. The fourth-order valence-corrected chi connectivity index (χ4v) is 1.20. The van der Waals surface area contributed by atoms with E-state index < -0.39 is 0 Å². The van der Waals surface area contributed by atoms with Crippen LogP contribution in [0.4, 0.5) is 0 Å². The van der Waals surface area contributed by atoms with Gasteiger partial charge in [0.05, 0.1) is 12.2 Å². The van der Waals surface area contributed by atoms with Crippen molar-refractivity contribution in [2.75, 3.05) is 13.2 Å². The molecule has 15 heavy (non-hydrogen) atoms. The van der Waals surface area contributed by atoms with Crippen LogP contribution in [0, 0.1) is 11.3 Å². The molecule has 3 heteroatoms. The molecule has 0 saturated carbocycles. The Kier molecular flexibility index (Phi) is 4.65. The third-order valence-electron chi connectivity index (χ3n) is 1.89. The summed E-state index contributed by atoms with van der Waals surface area (Å²) in [6.07, 6.45) is -0.0422. The number of nitriles is 1. The topological polar surface area (TPSA) is 42.2 Å². The molecule has 0 fully saturated rings. The van der Waals surface area contributed by atoms with Crippen LogP contribution in [-0.4, -0.2) is 19.3 Å². The van der Waals surface area contributed by atoms with Crippen LogP contribution in [0.5, 0.6) is 5.75 Å². The van der Waals surface area contributed by atoms with Crippen LogP contribution in [0.1, 0.15) is 19.4 Å². The first-order valence-corrected chi connectivity index (χ1v) is 5.01. The summed E-state index contributed by atoms with van der Waals surface area (Å²) in [5, 5.41) is 8.85. The number of benzene rings is 1. The third-order valence-corrected chi connectivity index (χ3v) is 1.89. The monoisotopic (exact) mass is 205 g/mol. The zero-order valence-electron chi connectivity index (χ0n) is 9.06. The Labute approximate surface area is 90.2 Å². The first-order chi connectivity index (χ1) is 7.27. The van der Waals surface area contributed by atoms with Crippen molar-refractivity contribution >= 4 is 0 Å². The Morgan fingerprint density at radius 2 is 2.13 bits per heavy atom. The molecule has 0 heterocycles. The van der Waals surface area contributed by atoms with E-state index in [4.69, 9.17) is 14.7 Å². The van der Waals surface area contributed by atoms with Gasteiger partial charge < -0.3 is 9.47 Å². The van der Waals surface area contributed by atoms with Gasteiger partial charge in [-0.2, -0.15) is 5.26 Å². The average molecular weight is 205 g/mol. The van der Waals surface area contributed by atoms with Crippen LogP contribution in [0.25, 0.3) is 0 Å². The number of ether oxygens (including phenoxy) is 2. The van der Waals surface area contributed by atoms with Gasteiger partial charge in [0.25, 0.3) is 0 Å². The highest BCUT2D eigenvalue weighted by Gasteiger charge is 2.07. The molecule has 0 bridgehead atoms. The molecule has 0 aliphatic heterocycles. The van der Waals surface area contributed by atoms with Gasteiger partial charge in [0.1, 0.15) is 17.9 Å². The Morgan fingerprint density at radius 1 is 1.40 bits per heavy atom. The number of hydrogen-bond donors (Lipinski definition) is 0. The lowest BCUT2D eigenvalue weighted by atomic mass is 10.2. The van der Waals surface area contributed by atoms with Gasteiger partial charge in [-0.1, -0.05) is 12.1 Å². The lowest BCUT2D eigenvalue weighted by molar-refractivity contribution is 0.0656. The minimum absolute atomic E-state index is 0.0422. The van der Waals surface area contributed by atoms with Crippen LogP contribution in [-0.2, 0) is 4.74 Å². The first kappa shape index (κ1) is 11.5. The quantitative estimate of drug-likeness (QED) is 0.741. The highest BCUT2D eigenvalue weighted by atomic mass is 16.5. The van der Waals surface area contributed by atoms with Crippen molar-refractivity contribution in [2.45, 2.75) is 20.0 Å². The smallest absolute Gasteiger partial charge is 0.137 e. The maximum Gasteiger partial charge on any atom is 0.137 e. The van der Waals surface area contributed by atoms with E-state index in [-0.39, 0.29) is 6.10 Å². The van der Waals surface area contributed by atoms with E-state index in [9.17, 15) is 0 Å². The van der Waals surface area contributed by atoms with Crippen molar-refractivity contribution in [3.63, 3.8) is 0 Å². The van der Waals surface area contributed by atoms with Gasteiger partial charge in [-0.15, -0.1) is 0 Å². The van der Waals surface area contributed by atoms with Crippen LogP contribution >= 0.6 is 0 Å². The third kappa shape index (κ3) is 3.61. The van der Waals surface area contributed by atoms with Crippen LogP contribution < -0.4 is 4.74 Å². The molecule has 0 radical (unpaired) electrons. The van der Waals surface area contributed by atoms with Gasteiger partial charge in [-0.25, -0.2) is 0 Å². The van der Waals surface area contributed by atoms with Gasteiger partial charge >= 0.3 is 0 Å². The van der Waals surface area contributed by atoms with E-state index in [2.05, 4.69) is 6.07 Å². The Morgan fingerprint density at radius 3 is 2.80 bits per heavy atom. The minimum atomic E-state index is -0.0422. The molecule has 1 rings (SSSR count). The second-order valence-corrected chi connectivity index (χ2v) is 3.20. The van der Waals surface area contributed by atoms with Gasteiger partial charge in [0.15, 0.2) is 0 Å². The molecule has 0 N–H and O–H groups in total. The van der Waals surface area contributed by atoms with Crippen molar-refractivity contribution in [2.24, 2.45) is 0 Å². The Balaban J connectivity index is 2.60. The summed E-state index contributed by atoms with van der Waals surface area (Å²) in [5.41, 5.74) is 0.556. The lowest BCUT2D eigenvalue weighted by Gasteiger charge is -2.15. The summed E-state index contributed by atoms with van der Waals surface area (Å²) >= 11 is 0.